The van der Waals surface area contributed by atoms with Crippen molar-refractivity contribution in [2.75, 3.05) is 0 Å². The van der Waals surface area contributed by atoms with Gasteiger partial charge in [-0.05, 0) is 44.3 Å². The largest absolute Gasteiger partial charge is 0.354 e. The van der Waals surface area contributed by atoms with Crippen molar-refractivity contribution in [2.24, 2.45) is 4.99 Å². The summed E-state index contributed by atoms with van der Waals surface area (Å²) in [5.41, 5.74) is 5.66. The summed E-state index contributed by atoms with van der Waals surface area (Å²) in [5, 5.41) is 3.36. The van der Waals surface area contributed by atoms with Gasteiger partial charge in [-0.3, -0.25) is 4.99 Å². The van der Waals surface area contributed by atoms with Crippen LogP contribution in [0.2, 0.25) is 0 Å². The Morgan fingerprint density at radius 3 is 1.92 bits per heavy atom. The van der Waals surface area contributed by atoms with E-state index in [0.717, 1.165) is 21.4 Å². The number of rotatable bonds is 3. The zero-order chi connectivity index (χ0) is 17.1. The van der Waals surface area contributed by atoms with Crippen LogP contribution in [-0.2, 0) is 0 Å². The van der Waals surface area contributed by atoms with Crippen LogP contribution in [0.5, 0.6) is 0 Å². The van der Waals surface area contributed by atoms with Gasteiger partial charge in [0.25, 0.3) is 0 Å². The molecule has 4 rings (SSSR count). The third-order valence-electron chi connectivity index (χ3n) is 4.21. The van der Waals surface area contributed by atoms with Gasteiger partial charge in [0.2, 0.25) is 0 Å². The van der Waals surface area contributed by atoms with Crippen molar-refractivity contribution in [1.29, 1.82) is 0 Å². The van der Waals surface area contributed by atoms with Gasteiger partial charge in [-0.15, -0.1) is 0 Å². The first-order valence-corrected chi connectivity index (χ1v) is 9.01. The molecule has 0 saturated heterocycles. The van der Waals surface area contributed by atoms with Crippen LogP contribution in [0.1, 0.15) is 17.3 Å². The molecule has 25 heavy (non-hydrogen) atoms. The van der Waals surface area contributed by atoms with E-state index in [1.54, 1.807) is 0 Å². The number of nitrogens with one attached hydrogen (secondary N) is 1. The minimum Gasteiger partial charge on any atom is -0.354 e. The van der Waals surface area contributed by atoms with Crippen molar-refractivity contribution >= 4 is 21.6 Å². The Bertz CT molecular complexity index is 913. The van der Waals surface area contributed by atoms with E-state index in [1.165, 1.54) is 11.1 Å². The minimum absolute atomic E-state index is 0.0793. The molecule has 0 aromatic heterocycles. The fourth-order valence-electron chi connectivity index (χ4n) is 2.92. The lowest BCUT2D eigenvalue weighted by Crippen LogP contribution is -2.23. The zero-order valence-electron chi connectivity index (χ0n) is 13.6. The summed E-state index contributed by atoms with van der Waals surface area (Å²) in [6.07, 6.45) is 1.95. The van der Waals surface area contributed by atoms with Crippen LogP contribution in [0.25, 0.3) is 11.1 Å². The van der Waals surface area contributed by atoms with Gasteiger partial charge < -0.3 is 5.32 Å². The first-order valence-electron chi connectivity index (χ1n) is 8.22. The number of benzene rings is 3. The van der Waals surface area contributed by atoms with E-state index in [1.807, 2.05) is 30.3 Å². The van der Waals surface area contributed by atoms with E-state index in [-0.39, 0.29) is 6.17 Å². The fraction of sp³-hybridized carbons (Fsp3) is 0.0455. The highest BCUT2D eigenvalue weighted by atomic mass is 79.9. The quantitative estimate of drug-likeness (QED) is 0.573. The lowest BCUT2D eigenvalue weighted by molar-refractivity contribution is 0.644. The first-order chi connectivity index (χ1) is 12.3. The molecule has 0 saturated carbocycles. The number of nitrogens with zero attached hydrogens (tertiary/aromatic N) is 1. The molecule has 122 valence electrons. The van der Waals surface area contributed by atoms with E-state index in [9.17, 15) is 0 Å². The summed E-state index contributed by atoms with van der Waals surface area (Å²) in [5.74, 6) is 0. The van der Waals surface area contributed by atoms with Gasteiger partial charge in [0, 0.05) is 0 Å². The maximum atomic E-state index is 4.87. The number of aliphatic imine (C=N–C) groups is 1. The van der Waals surface area contributed by atoms with Crippen LogP contribution in [0, 0.1) is 0 Å². The molecule has 0 fully saturated rings. The standard InChI is InChI=1S/C22H17BrN2/c23-21-15-20(24-22(25-21)19-9-5-2-6-10-19)18-13-11-17(12-14-18)16-7-3-1-4-8-16/h1-15,22,25H. The number of hydrogen-bond donors (Lipinski definition) is 1. The van der Waals surface area contributed by atoms with Crippen LogP contribution >= 0.6 is 15.9 Å². The number of allylic oxidation sites excluding steroid dienone is 1. The molecule has 0 radical (unpaired) electrons. The molecule has 1 unspecified atom stereocenters. The number of halogens is 1. The van der Waals surface area contributed by atoms with Crippen LogP contribution in [0.4, 0.5) is 0 Å². The van der Waals surface area contributed by atoms with Gasteiger partial charge in [-0.2, -0.15) is 0 Å². The predicted octanol–water partition coefficient (Wildman–Crippen LogP) is 5.68. The smallest absolute Gasteiger partial charge is 0.145 e. The van der Waals surface area contributed by atoms with Crippen molar-refractivity contribution in [3.8, 4) is 11.1 Å². The SMILES string of the molecule is BrC1=CC(c2ccc(-c3ccccc3)cc2)=NC(c2ccccc2)N1. The van der Waals surface area contributed by atoms with Gasteiger partial charge in [0.1, 0.15) is 6.17 Å². The van der Waals surface area contributed by atoms with Crippen molar-refractivity contribution in [1.82, 2.24) is 5.32 Å². The van der Waals surface area contributed by atoms with Crippen LogP contribution in [0.3, 0.4) is 0 Å². The highest BCUT2D eigenvalue weighted by Crippen LogP contribution is 2.25. The van der Waals surface area contributed by atoms with Crippen molar-refractivity contribution in [3.63, 3.8) is 0 Å². The molecule has 3 heteroatoms. The second-order valence-corrected chi connectivity index (χ2v) is 6.76. The van der Waals surface area contributed by atoms with Gasteiger partial charge in [0.15, 0.2) is 0 Å². The molecule has 1 N–H and O–H groups in total. The lowest BCUT2D eigenvalue weighted by atomic mass is 10.0. The van der Waals surface area contributed by atoms with E-state index < -0.39 is 0 Å². The monoisotopic (exact) mass is 388 g/mol. The highest BCUT2D eigenvalue weighted by Gasteiger charge is 2.16. The Balaban J connectivity index is 1.65. The van der Waals surface area contributed by atoms with Gasteiger partial charge >= 0.3 is 0 Å². The van der Waals surface area contributed by atoms with E-state index in [4.69, 9.17) is 4.99 Å². The third-order valence-corrected chi connectivity index (χ3v) is 4.67. The first kappa shape index (κ1) is 15.9. The van der Waals surface area contributed by atoms with Crippen molar-refractivity contribution in [2.45, 2.75) is 6.17 Å². The predicted molar refractivity (Wildman–Crippen MR) is 108 cm³/mol. The second kappa shape index (κ2) is 7.08. The molecule has 3 aromatic rings. The number of hydrogen-bond acceptors (Lipinski definition) is 2. The summed E-state index contributed by atoms with van der Waals surface area (Å²) in [6.45, 7) is 0. The summed E-state index contributed by atoms with van der Waals surface area (Å²) in [6, 6.07) is 29.2. The summed E-state index contributed by atoms with van der Waals surface area (Å²) < 4.78 is 0.943. The molecule has 0 bridgehead atoms. The van der Waals surface area contributed by atoms with Crippen molar-refractivity contribution in [3.05, 3.63) is 107 Å². The molecule has 1 aliphatic rings. The summed E-state index contributed by atoms with van der Waals surface area (Å²) >= 11 is 3.58. The molecule has 2 nitrogen and oxygen atoms in total. The van der Waals surface area contributed by atoms with E-state index in [0.29, 0.717) is 0 Å². The third kappa shape index (κ3) is 3.57. The Labute approximate surface area is 156 Å². The van der Waals surface area contributed by atoms with Crippen LogP contribution < -0.4 is 5.32 Å². The topological polar surface area (TPSA) is 24.4 Å². The molecule has 0 aliphatic carbocycles. The molecule has 0 amide bonds. The van der Waals surface area contributed by atoms with E-state index in [2.05, 4.69) is 81.9 Å². The molecular formula is C22H17BrN2. The molecule has 1 atom stereocenters. The molecule has 0 spiro atoms. The lowest BCUT2D eigenvalue weighted by Gasteiger charge is -2.21. The maximum absolute atomic E-state index is 4.87. The average molecular weight is 389 g/mol. The van der Waals surface area contributed by atoms with Crippen LogP contribution in [-0.4, -0.2) is 5.71 Å². The summed E-state index contributed by atoms with van der Waals surface area (Å²) in [4.78, 5) is 4.87. The molecular weight excluding hydrogens is 372 g/mol. The highest BCUT2D eigenvalue weighted by molar-refractivity contribution is 9.11. The normalized spacial score (nSPS) is 16.6. The second-order valence-electron chi connectivity index (χ2n) is 5.91. The Hall–Kier alpha value is -2.65. The Morgan fingerprint density at radius 2 is 1.24 bits per heavy atom. The Morgan fingerprint density at radius 1 is 0.680 bits per heavy atom. The Kier molecular flexibility index (Phi) is 4.49. The fourth-order valence-corrected chi connectivity index (χ4v) is 3.35. The molecule has 1 heterocycles. The summed E-state index contributed by atoms with van der Waals surface area (Å²) in [7, 11) is 0. The van der Waals surface area contributed by atoms with Crippen LogP contribution in [0.15, 0.2) is 101 Å². The van der Waals surface area contributed by atoms with Gasteiger partial charge in [-0.1, -0.05) is 84.9 Å². The molecule has 3 aromatic carbocycles. The van der Waals surface area contributed by atoms with Crippen molar-refractivity contribution < 1.29 is 0 Å². The van der Waals surface area contributed by atoms with Gasteiger partial charge in [0.05, 0.1) is 10.3 Å². The molecule has 1 aliphatic heterocycles. The van der Waals surface area contributed by atoms with E-state index >= 15 is 0 Å². The zero-order valence-corrected chi connectivity index (χ0v) is 15.1. The maximum Gasteiger partial charge on any atom is 0.145 e. The van der Waals surface area contributed by atoms with Gasteiger partial charge in [-0.25, -0.2) is 0 Å². The minimum atomic E-state index is -0.0793. The average Bonchev–Trinajstić information content (AvgIpc) is 2.69.